The number of carbonyl (C=O) groups excluding carboxylic acids is 1. The molecular formula is C14H14N2O2. The number of fused-ring (bicyclic) bond motifs is 1. The second-order valence-electron chi connectivity index (χ2n) is 4.32. The molecule has 2 heterocycles. The molecule has 0 unspecified atom stereocenters. The van der Waals surface area contributed by atoms with Gasteiger partial charge >= 0.3 is 0 Å². The quantitative estimate of drug-likeness (QED) is 0.764. The number of nitrogens with zero attached hydrogens (tertiary/aromatic N) is 2. The molecule has 0 saturated carbocycles. The normalized spacial score (nSPS) is 15.9. The average Bonchev–Trinajstić information content (AvgIpc) is 2.47. The van der Waals surface area contributed by atoms with E-state index in [1.165, 1.54) is 0 Å². The fourth-order valence-electron chi connectivity index (χ4n) is 2.13. The lowest BCUT2D eigenvalue weighted by Gasteiger charge is -2.26. The molecule has 1 aliphatic rings. The first-order valence-electron chi connectivity index (χ1n) is 6.06. The van der Waals surface area contributed by atoms with E-state index in [0.717, 1.165) is 10.8 Å². The number of amides is 1. The lowest BCUT2D eigenvalue weighted by Crippen LogP contribution is -2.41. The van der Waals surface area contributed by atoms with Gasteiger partial charge in [-0.1, -0.05) is 24.3 Å². The molecule has 0 atom stereocenters. The molecule has 0 spiro atoms. The van der Waals surface area contributed by atoms with Gasteiger partial charge in [0.05, 0.1) is 13.2 Å². The summed E-state index contributed by atoms with van der Waals surface area (Å²) >= 11 is 0. The van der Waals surface area contributed by atoms with E-state index >= 15 is 0 Å². The van der Waals surface area contributed by atoms with Crippen LogP contribution in [0.4, 0.5) is 0 Å². The van der Waals surface area contributed by atoms with E-state index in [2.05, 4.69) is 4.98 Å². The average molecular weight is 242 g/mol. The minimum atomic E-state index is -0.0101. The minimum absolute atomic E-state index is 0.0101. The third-order valence-electron chi connectivity index (χ3n) is 3.15. The number of ether oxygens (including phenoxy) is 1. The maximum absolute atomic E-state index is 12.3. The van der Waals surface area contributed by atoms with Crippen LogP contribution in [-0.2, 0) is 4.74 Å². The molecule has 1 aromatic heterocycles. The van der Waals surface area contributed by atoms with E-state index in [1.54, 1.807) is 11.1 Å². The summed E-state index contributed by atoms with van der Waals surface area (Å²) in [6, 6.07) is 9.77. The summed E-state index contributed by atoms with van der Waals surface area (Å²) in [5.74, 6) is -0.0101. The van der Waals surface area contributed by atoms with Crippen LogP contribution in [-0.4, -0.2) is 42.1 Å². The van der Waals surface area contributed by atoms with Crippen molar-refractivity contribution in [3.63, 3.8) is 0 Å². The number of aromatic nitrogens is 1. The van der Waals surface area contributed by atoms with Crippen molar-refractivity contribution < 1.29 is 9.53 Å². The van der Waals surface area contributed by atoms with Gasteiger partial charge in [-0.15, -0.1) is 0 Å². The molecule has 1 saturated heterocycles. The van der Waals surface area contributed by atoms with Gasteiger partial charge in [-0.2, -0.15) is 0 Å². The van der Waals surface area contributed by atoms with Gasteiger partial charge in [0.15, 0.2) is 0 Å². The lowest BCUT2D eigenvalue weighted by atomic mass is 10.1. The fraction of sp³-hybridized carbons (Fsp3) is 0.286. The van der Waals surface area contributed by atoms with E-state index in [1.807, 2.05) is 30.3 Å². The molecule has 1 aromatic carbocycles. The predicted octanol–water partition coefficient (Wildman–Crippen LogP) is 1.71. The summed E-state index contributed by atoms with van der Waals surface area (Å²) in [4.78, 5) is 18.3. The van der Waals surface area contributed by atoms with Crippen molar-refractivity contribution in [2.24, 2.45) is 0 Å². The third kappa shape index (κ3) is 2.07. The topological polar surface area (TPSA) is 42.4 Å². The van der Waals surface area contributed by atoms with Crippen molar-refractivity contribution in [1.82, 2.24) is 9.88 Å². The highest BCUT2D eigenvalue weighted by Crippen LogP contribution is 2.14. The Morgan fingerprint density at radius 3 is 2.67 bits per heavy atom. The van der Waals surface area contributed by atoms with Crippen molar-refractivity contribution in [1.29, 1.82) is 0 Å². The van der Waals surface area contributed by atoms with Gasteiger partial charge in [-0.05, 0) is 11.5 Å². The zero-order chi connectivity index (χ0) is 12.4. The van der Waals surface area contributed by atoms with Crippen molar-refractivity contribution in [3.05, 3.63) is 42.2 Å². The highest BCUT2D eigenvalue weighted by Gasteiger charge is 2.19. The molecule has 92 valence electrons. The summed E-state index contributed by atoms with van der Waals surface area (Å²) in [5.41, 5.74) is 0.510. The molecule has 3 rings (SSSR count). The molecule has 0 N–H and O–H groups in total. The summed E-state index contributed by atoms with van der Waals surface area (Å²) < 4.78 is 5.24. The van der Waals surface area contributed by atoms with Gasteiger partial charge in [-0.3, -0.25) is 9.78 Å². The number of hydrogen-bond acceptors (Lipinski definition) is 3. The summed E-state index contributed by atoms with van der Waals surface area (Å²) in [7, 11) is 0. The van der Waals surface area contributed by atoms with Crippen molar-refractivity contribution in [3.8, 4) is 0 Å². The lowest BCUT2D eigenvalue weighted by molar-refractivity contribution is 0.0299. The standard InChI is InChI=1S/C14H14N2O2/c17-14(16-5-7-18-8-6-16)13-9-11-3-1-2-4-12(11)10-15-13/h1-4,9-10H,5-8H2. The van der Waals surface area contributed by atoms with Gasteiger partial charge in [-0.25, -0.2) is 0 Å². The van der Waals surface area contributed by atoms with Gasteiger partial charge in [0.25, 0.3) is 5.91 Å². The highest BCUT2D eigenvalue weighted by atomic mass is 16.5. The van der Waals surface area contributed by atoms with Crippen molar-refractivity contribution >= 4 is 16.7 Å². The summed E-state index contributed by atoms with van der Waals surface area (Å²) in [6.45, 7) is 2.51. The SMILES string of the molecule is O=C(c1cc2ccccc2cn1)N1CCOCC1. The van der Waals surface area contributed by atoms with E-state index in [-0.39, 0.29) is 5.91 Å². The molecular weight excluding hydrogens is 228 g/mol. The van der Waals surface area contributed by atoms with Crippen LogP contribution in [0.2, 0.25) is 0 Å². The second kappa shape index (κ2) is 4.74. The second-order valence-corrected chi connectivity index (χ2v) is 4.32. The molecule has 0 aliphatic carbocycles. The third-order valence-corrected chi connectivity index (χ3v) is 3.15. The van der Waals surface area contributed by atoms with Crippen LogP contribution < -0.4 is 0 Å². The molecule has 1 aliphatic heterocycles. The first-order valence-corrected chi connectivity index (χ1v) is 6.06. The van der Waals surface area contributed by atoms with Crippen LogP contribution in [0, 0.1) is 0 Å². The number of benzene rings is 1. The van der Waals surface area contributed by atoms with Crippen LogP contribution in [0.15, 0.2) is 36.5 Å². The van der Waals surface area contributed by atoms with Crippen molar-refractivity contribution in [2.75, 3.05) is 26.3 Å². The van der Waals surface area contributed by atoms with E-state index in [4.69, 9.17) is 4.74 Å². The van der Waals surface area contributed by atoms with Gasteiger partial charge < -0.3 is 9.64 Å². The monoisotopic (exact) mass is 242 g/mol. The molecule has 18 heavy (non-hydrogen) atoms. The highest BCUT2D eigenvalue weighted by molar-refractivity contribution is 5.96. The number of hydrogen-bond donors (Lipinski definition) is 0. The molecule has 0 radical (unpaired) electrons. The molecule has 4 heteroatoms. The largest absolute Gasteiger partial charge is 0.378 e. The van der Waals surface area contributed by atoms with Crippen molar-refractivity contribution in [2.45, 2.75) is 0 Å². The first kappa shape index (κ1) is 11.2. The number of carbonyl (C=O) groups is 1. The maximum Gasteiger partial charge on any atom is 0.272 e. The minimum Gasteiger partial charge on any atom is -0.378 e. The van der Waals surface area contributed by atoms with E-state index in [9.17, 15) is 4.79 Å². The first-order chi connectivity index (χ1) is 8.84. The van der Waals surface area contributed by atoms with Crippen LogP contribution in [0.5, 0.6) is 0 Å². The zero-order valence-corrected chi connectivity index (χ0v) is 10.0. The number of morpholine rings is 1. The predicted molar refractivity (Wildman–Crippen MR) is 68.5 cm³/mol. The molecule has 4 nitrogen and oxygen atoms in total. The van der Waals surface area contributed by atoms with Crippen LogP contribution in [0.3, 0.4) is 0 Å². The van der Waals surface area contributed by atoms with E-state index in [0.29, 0.717) is 32.0 Å². The molecule has 1 amide bonds. The fourth-order valence-corrected chi connectivity index (χ4v) is 2.13. The Bertz CT molecular complexity index is 577. The van der Waals surface area contributed by atoms with E-state index < -0.39 is 0 Å². The summed E-state index contributed by atoms with van der Waals surface area (Å²) in [6.07, 6.45) is 1.75. The van der Waals surface area contributed by atoms with Crippen LogP contribution >= 0.6 is 0 Å². The van der Waals surface area contributed by atoms with Crippen LogP contribution in [0.1, 0.15) is 10.5 Å². The Balaban J connectivity index is 1.91. The Morgan fingerprint density at radius 2 is 1.89 bits per heavy atom. The number of pyridine rings is 1. The van der Waals surface area contributed by atoms with Crippen LogP contribution in [0.25, 0.3) is 10.8 Å². The Morgan fingerprint density at radius 1 is 1.17 bits per heavy atom. The Labute approximate surface area is 105 Å². The zero-order valence-electron chi connectivity index (χ0n) is 10.0. The molecule has 0 bridgehead atoms. The molecule has 2 aromatic rings. The smallest absolute Gasteiger partial charge is 0.272 e. The van der Waals surface area contributed by atoms with Gasteiger partial charge in [0, 0.05) is 24.7 Å². The van der Waals surface area contributed by atoms with Gasteiger partial charge in [0.1, 0.15) is 5.69 Å². The Kier molecular flexibility index (Phi) is 2.94. The Hall–Kier alpha value is -1.94. The van der Waals surface area contributed by atoms with Gasteiger partial charge in [0.2, 0.25) is 0 Å². The molecule has 1 fully saturated rings. The summed E-state index contributed by atoms with van der Waals surface area (Å²) in [5, 5.41) is 2.10. The number of rotatable bonds is 1. The maximum atomic E-state index is 12.3.